The lowest BCUT2D eigenvalue weighted by atomic mass is 10.1. The fourth-order valence-electron chi connectivity index (χ4n) is 0.835. The van der Waals surface area contributed by atoms with E-state index in [0.717, 1.165) is 12.0 Å². The van der Waals surface area contributed by atoms with Crippen molar-refractivity contribution < 1.29 is 4.79 Å². The van der Waals surface area contributed by atoms with Gasteiger partial charge in [0.2, 0.25) is 0 Å². The first-order chi connectivity index (χ1) is 5.07. The molecule has 0 N–H and O–H groups in total. The van der Waals surface area contributed by atoms with Gasteiger partial charge in [-0.1, -0.05) is 24.6 Å². The molecule has 0 saturated carbocycles. The van der Waals surface area contributed by atoms with Gasteiger partial charge in [-0.25, -0.2) is 0 Å². The molecule has 0 fully saturated rings. The van der Waals surface area contributed by atoms with E-state index in [1.165, 1.54) is 5.57 Å². The topological polar surface area (TPSA) is 17.1 Å². The van der Waals surface area contributed by atoms with Gasteiger partial charge < -0.3 is 0 Å². The standard InChI is InChI=1S/C10H16O/c1-5-6-10(9(4)11)7-8(2)3/h6-7H,5H2,1-4H3/b10-6+. The van der Waals surface area contributed by atoms with Crippen LogP contribution in [0.3, 0.4) is 0 Å². The summed E-state index contributed by atoms with van der Waals surface area (Å²) in [6.45, 7) is 7.61. The Balaban J connectivity index is 4.50. The van der Waals surface area contributed by atoms with Crippen LogP contribution < -0.4 is 0 Å². The maximum atomic E-state index is 11.0. The van der Waals surface area contributed by atoms with Crippen LogP contribution in [0.4, 0.5) is 0 Å². The van der Waals surface area contributed by atoms with E-state index in [1.54, 1.807) is 6.92 Å². The van der Waals surface area contributed by atoms with Gasteiger partial charge in [-0.2, -0.15) is 0 Å². The molecule has 0 bridgehead atoms. The molecule has 0 saturated heterocycles. The Labute approximate surface area is 68.8 Å². The van der Waals surface area contributed by atoms with Crippen molar-refractivity contribution in [1.29, 1.82) is 0 Å². The van der Waals surface area contributed by atoms with Crippen LogP contribution in [0.2, 0.25) is 0 Å². The summed E-state index contributed by atoms with van der Waals surface area (Å²) < 4.78 is 0. The first kappa shape index (κ1) is 10.2. The molecule has 0 aromatic heterocycles. The molecule has 11 heavy (non-hydrogen) atoms. The average molecular weight is 152 g/mol. The summed E-state index contributed by atoms with van der Waals surface area (Å²) >= 11 is 0. The molecule has 62 valence electrons. The summed E-state index contributed by atoms with van der Waals surface area (Å²) in [7, 11) is 0. The largest absolute Gasteiger partial charge is 0.295 e. The zero-order valence-electron chi connectivity index (χ0n) is 7.77. The van der Waals surface area contributed by atoms with Gasteiger partial charge in [0, 0.05) is 5.57 Å². The minimum Gasteiger partial charge on any atom is -0.295 e. The van der Waals surface area contributed by atoms with E-state index in [-0.39, 0.29) is 5.78 Å². The molecule has 0 aliphatic carbocycles. The molecule has 0 rings (SSSR count). The van der Waals surface area contributed by atoms with E-state index in [1.807, 2.05) is 32.9 Å². The molecule has 1 nitrogen and oxygen atoms in total. The molecular weight excluding hydrogens is 136 g/mol. The van der Waals surface area contributed by atoms with Crippen molar-refractivity contribution in [2.45, 2.75) is 34.1 Å². The Bertz CT molecular complexity index is 193. The second-order valence-electron chi connectivity index (χ2n) is 2.85. The van der Waals surface area contributed by atoms with Gasteiger partial charge in [0.15, 0.2) is 5.78 Å². The number of ketones is 1. The molecule has 0 radical (unpaired) electrons. The molecule has 1 heteroatoms. The van der Waals surface area contributed by atoms with Gasteiger partial charge in [-0.15, -0.1) is 0 Å². The molecule has 0 aliphatic rings. The molecule has 0 aromatic carbocycles. The van der Waals surface area contributed by atoms with Crippen LogP contribution in [0.25, 0.3) is 0 Å². The average Bonchev–Trinajstić information content (AvgIpc) is 1.86. The lowest BCUT2D eigenvalue weighted by molar-refractivity contribution is -0.113. The monoisotopic (exact) mass is 152 g/mol. The highest BCUT2D eigenvalue weighted by Crippen LogP contribution is 2.04. The number of carbonyl (C=O) groups is 1. The normalized spacial score (nSPS) is 11.1. The van der Waals surface area contributed by atoms with Crippen molar-refractivity contribution in [3.8, 4) is 0 Å². The molecule has 0 heterocycles. The van der Waals surface area contributed by atoms with Gasteiger partial charge in [-0.3, -0.25) is 4.79 Å². The zero-order valence-corrected chi connectivity index (χ0v) is 7.77. The third kappa shape index (κ3) is 4.54. The third-order valence-corrected chi connectivity index (χ3v) is 1.27. The number of carbonyl (C=O) groups excluding carboxylic acids is 1. The molecule has 0 amide bonds. The van der Waals surface area contributed by atoms with Gasteiger partial charge in [-0.05, 0) is 27.2 Å². The van der Waals surface area contributed by atoms with Crippen molar-refractivity contribution in [3.63, 3.8) is 0 Å². The Morgan fingerprint density at radius 1 is 1.27 bits per heavy atom. The molecule has 0 aromatic rings. The van der Waals surface area contributed by atoms with Crippen LogP contribution in [0.15, 0.2) is 23.3 Å². The van der Waals surface area contributed by atoms with Crippen LogP contribution in [0.5, 0.6) is 0 Å². The highest BCUT2D eigenvalue weighted by Gasteiger charge is 1.97. The zero-order chi connectivity index (χ0) is 8.85. The maximum absolute atomic E-state index is 11.0. The van der Waals surface area contributed by atoms with E-state index in [0.29, 0.717) is 0 Å². The minimum absolute atomic E-state index is 0.146. The van der Waals surface area contributed by atoms with Gasteiger partial charge >= 0.3 is 0 Å². The van der Waals surface area contributed by atoms with Crippen molar-refractivity contribution >= 4 is 5.78 Å². The number of hydrogen-bond donors (Lipinski definition) is 0. The lowest BCUT2D eigenvalue weighted by Crippen LogP contribution is -1.93. The SMILES string of the molecule is CC/C=C(\C=C(C)C)C(C)=O. The first-order valence-corrected chi connectivity index (χ1v) is 3.94. The van der Waals surface area contributed by atoms with Crippen LogP contribution in [-0.4, -0.2) is 5.78 Å². The summed E-state index contributed by atoms with van der Waals surface area (Å²) in [6, 6.07) is 0. The quantitative estimate of drug-likeness (QED) is 0.449. The fourth-order valence-corrected chi connectivity index (χ4v) is 0.835. The van der Waals surface area contributed by atoms with Crippen molar-refractivity contribution in [1.82, 2.24) is 0 Å². The number of hydrogen-bond acceptors (Lipinski definition) is 1. The number of allylic oxidation sites excluding steroid dienone is 4. The second-order valence-corrected chi connectivity index (χ2v) is 2.85. The Kier molecular flexibility index (Phi) is 4.51. The van der Waals surface area contributed by atoms with Crippen LogP contribution in [0, 0.1) is 0 Å². The highest BCUT2D eigenvalue weighted by molar-refractivity contribution is 5.96. The van der Waals surface area contributed by atoms with Crippen molar-refractivity contribution in [2.24, 2.45) is 0 Å². The summed E-state index contributed by atoms with van der Waals surface area (Å²) in [6.07, 6.45) is 4.79. The molecule has 0 spiro atoms. The molecule has 0 unspecified atom stereocenters. The van der Waals surface area contributed by atoms with E-state index in [9.17, 15) is 4.79 Å². The van der Waals surface area contributed by atoms with Gasteiger partial charge in [0.1, 0.15) is 0 Å². The van der Waals surface area contributed by atoms with Crippen LogP contribution >= 0.6 is 0 Å². The maximum Gasteiger partial charge on any atom is 0.159 e. The highest BCUT2D eigenvalue weighted by atomic mass is 16.1. The smallest absolute Gasteiger partial charge is 0.159 e. The van der Waals surface area contributed by atoms with Crippen LogP contribution in [-0.2, 0) is 4.79 Å². The predicted molar refractivity (Wildman–Crippen MR) is 48.5 cm³/mol. The Morgan fingerprint density at radius 3 is 2.09 bits per heavy atom. The number of rotatable bonds is 3. The van der Waals surface area contributed by atoms with E-state index in [2.05, 4.69) is 0 Å². The van der Waals surface area contributed by atoms with E-state index >= 15 is 0 Å². The molecule has 0 atom stereocenters. The van der Waals surface area contributed by atoms with Crippen molar-refractivity contribution in [2.75, 3.05) is 0 Å². The van der Waals surface area contributed by atoms with Gasteiger partial charge in [0.25, 0.3) is 0 Å². The summed E-state index contributed by atoms with van der Waals surface area (Å²) in [5, 5.41) is 0. The van der Waals surface area contributed by atoms with Crippen LogP contribution in [0.1, 0.15) is 34.1 Å². The van der Waals surface area contributed by atoms with Crippen molar-refractivity contribution in [3.05, 3.63) is 23.3 Å². The van der Waals surface area contributed by atoms with Gasteiger partial charge in [0.05, 0.1) is 0 Å². The Hall–Kier alpha value is -0.850. The van der Waals surface area contributed by atoms with E-state index < -0.39 is 0 Å². The summed E-state index contributed by atoms with van der Waals surface area (Å²) in [4.78, 5) is 11.0. The molecule has 0 aliphatic heterocycles. The Morgan fingerprint density at radius 2 is 1.82 bits per heavy atom. The lowest BCUT2D eigenvalue weighted by Gasteiger charge is -1.95. The molecular formula is C10H16O. The predicted octanol–water partition coefficient (Wildman–Crippen LogP) is 2.88. The van der Waals surface area contributed by atoms with E-state index in [4.69, 9.17) is 0 Å². The second kappa shape index (κ2) is 4.89. The number of Topliss-reactive ketones (excluding diaryl/α,β-unsaturated/α-hetero) is 1. The first-order valence-electron chi connectivity index (χ1n) is 3.94. The fraction of sp³-hybridized carbons (Fsp3) is 0.500. The minimum atomic E-state index is 0.146. The third-order valence-electron chi connectivity index (χ3n) is 1.27. The summed E-state index contributed by atoms with van der Waals surface area (Å²) in [5.74, 6) is 0.146. The summed E-state index contributed by atoms with van der Waals surface area (Å²) in [5.41, 5.74) is 1.99.